The van der Waals surface area contributed by atoms with E-state index in [4.69, 9.17) is 27.9 Å². The lowest BCUT2D eigenvalue weighted by molar-refractivity contribution is 0.0526. The number of rotatable bonds is 4. The number of hydrogen-bond acceptors (Lipinski definition) is 3. The number of hydrogen-bond donors (Lipinski definition) is 0. The van der Waals surface area contributed by atoms with Crippen LogP contribution in [0.1, 0.15) is 23.0 Å². The fourth-order valence-electron chi connectivity index (χ4n) is 2.64. The van der Waals surface area contributed by atoms with Gasteiger partial charge in [-0.2, -0.15) is 5.10 Å². The Balaban J connectivity index is 2.27. The van der Waals surface area contributed by atoms with Crippen LogP contribution in [-0.2, 0) is 4.74 Å². The summed E-state index contributed by atoms with van der Waals surface area (Å²) in [7, 11) is 0. The fourth-order valence-corrected chi connectivity index (χ4v) is 2.95. The van der Waals surface area contributed by atoms with Gasteiger partial charge in [0.25, 0.3) is 0 Å². The van der Waals surface area contributed by atoms with Crippen LogP contribution in [0, 0.1) is 6.92 Å². The number of carbonyl (C=O) groups is 1. The summed E-state index contributed by atoms with van der Waals surface area (Å²) in [6.45, 7) is 3.85. The molecular formula is C19H16Cl2N2O2. The van der Waals surface area contributed by atoms with Crippen molar-refractivity contribution in [2.45, 2.75) is 13.8 Å². The van der Waals surface area contributed by atoms with Crippen LogP contribution in [-0.4, -0.2) is 22.4 Å². The van der Waals surface area contributed by atoms with Crippen LogP contribution < -0.4 is 0 Å². The van der Waals surface area contributed by atoms with E-state index in [1.165, 1.54) is 0 Å². The summed E-state index contributed by atoms with van der Waals surface area (Å²) in [5.41, 5.74) is 3.24. The molecule has 0 saturated heterocycles. The molecule has 0 aliphatic heterocycles. The average molecular weight is 375 g/mol. The van der Waals surface area contributed by atoms with Crippen molar-refractivity contribution in [3.63, 3.8) is 0 Å². The molecule has 1 aromatic heterocycles. The average Bonchev–Trinajstić information content (AvgIpc) is 2.93. The van der Waals surface area contributed by atoms with Gasteiger partial charge in [0.2, 0.25) is 0 Å². The minimum Gasteiger partial charge on any atom is -0.462 e. The second kappa shape index (κ2) is 7.30. The summed E-state index contributed by atoms with van der Waals surface area (Å²) in [6.07, 6.45) is 0. The summed E-state index contributed by atoms with van der Waals surface area (Å²) in [6, 6.07) is 14.5. The third kappa shape index (κ3) is 3.55. The molecule has 0 N–H and O–H groups in total. The smallest absolute Gasteiger partial charge is 0.342 e. The molecule has 0 amide bonds. The van der Waals surface area contributed by atoms with Crippen molar-refractivity contribution in [3.05, 3.63) is 69.8 Å². The predicted octanol–water partition coefficient (Wildman–Crippen LogP) is 5.33. The van der Waals surface area contributed by atoms with E-state index in [9.17, 15) is 4.79 Å². The fraction of sp³-hybridized carbons (Fsp3) is 0.158. The maximum Gasteiger partial charge on any atom is 0.342 e. The maximum absolute atomic E-state index is 12.5. The summed E-state index contributed by atoms with van der Waals surface area (Å²) in [4.78, 5) is 12.5. The van der Waals surface area contributed by atoms with Gasteiger partial charge in [0.15, 0.2) is 0 Å². The van der Waals surface area contributed by atoms with Gasteiger partial charge in [0.05, 0.1) is 23.7 Å². The molecule has 2 aromatic carbocycles. The third-order valence-electron chi connectivity index (χ3n) is 3.71. The number of aromatic nitrogens is 2. The van der Waals surface area contributed by atoms with Gasteiger partial charge < -0.3 is 4.74 Å². The molecule has 0 spiro atoms. The van der Waals surface area contributed by atoms with E-state index in [-0.39, 0.29) is 0 Å². The van der Waals surface area contributed by atoms with E-state index in [0.29, 0.717) is 33.6 Å². The molecule has 0 aliphatic rings. The lowest BCUT2D eigenvalue weighted by atomic mass is 10.1. The monoisotopic (exact) mass is 374 g/mol. The SMILES string of the molecule is CCOC(=O)c1c(C)nn(-c2cccc(Cl)c2)c1-c1ccc(Cl)cc1. The third-order valence-corrected chi connectivity index (χ3v) is 4.20. The first-order chi connectivity index (χ1) is 12.0. The topological polar surface area (TPSA) is 44.1 Å². The van der Waals surface area contributed by atoms with Crippen LogP contribution in [0.15, 0.2) is 48.5 Å². The lowest BCUT2D eigenvalue weighted by Gasteiger charge is -2.10. The second-order valence-corrected chi connectivity index (χ2v) is 6.30. The van der Waals surface area contributed by atoms with Gasteiger partial charge in [-0.05, 0) is 44.2 Å². The zero-order valence-corrected chi connectivity index (χ0v) is 15.3. The van der Waals surface area contributed by atoms with Gasteiger partial charge in [-0.15, -0.1) is 0 Å². The summed E-state index contributed by atoms with van der Waals surface area (Å²) >= 11 is 12.1. The Kier molecular flexibility index (Phi) is 5.11. The quantitative estimate of drug-likeness (QED) is 0.579. The summed E-state index contributed by atoms with van der Waals surface area (Å²) < 4.78 is 6.93. The lowest BCUT2D eigenvalue weighted by Crippen LogP contribution is -2.08. The molecule has 3 rings (SSSR count). The Bertz CT molecular complexity index is 918. The van der Waals surface area contributed by atoms with E-state index in [0.717, 1.165) is 11.3 Å². The van der Waals surface area contributed by atoms with Crippen molar-refractivity contribution >= 4 is 29.2 Å². The van der Waals surface area contributed by atoms with Crippen molar-refractivity contribution in [3.8, 4) is 16.9 Å². The van der Waals surface area contributed by atoms with Crippen LogP contribution in [0.4, 0.5) is 0 Å². The molecular weight excluding hydrogens is 359 g/mol. The van der Waals surface area contributed by atoms with E-state index in [2.05, 4.69) is 5.10 Å². The Labute approximate surface area is 155 Å². The van der Waals surface area contributed by atoms with Crippen molar-refractivity contribution in [1.82, 2.24) is 9.78 Å². The van der Waals surface area contributed by atoms with Crippen LogP contribution in [0.2, 0.25) is 10.0 Å². The number of nitrogens with zero attached hydrogens (tertiary/aromatic N) is 2. The minimum absolute atomic E-state index is 0.292. The molecule has 3 aromatic rings. The molecule has 0 aliphatic carbocycles. The van der Waals surface area contributed by atoms with Gasteiger partial charge in [-0.25, -0.2) is 9.48 Å². The molecule has 6 heteroatoms. The Hall–Kier alpha value is -2.30. The Morgan fingerprint density at radius 3 is 2.48 bits per heavy atom. The molecule has 0 unspecified atom stereocenters. The Morgan fingerprint density at radius 1 is 1.12 bits per heavy atom. The summed E-state index contributed by atoms with van der Waals surface area (Å²) in [5, 5.41) is 5.75. The molecule has 0 fully saturated rings. The van der Waals surface area contributed by atoms with Gasteiger partial charge in [-0.1, -0.05) is 41.4 Å². The van der Waals surface area contributed by atoms with Gasteiger partial charge in [-0.3, -0.25) is 0 Å². The highest BCUT2D eigenvalue weighted by atomic mass is 35.5. The number of halogens is 2. The van der Waals surface area contributed by atoms with Crippen LogP contribution >= 0.6 is 23.2 Å². The normalized spacial score (nSPS) is 10.7. The van der Waals surface area contributed by atoms with Crippen molar-refractivity contribution < 1.29 is 9.53 Å². The highest BCUT2D eigenvalue weighted by Crippen LogP contribution is 2.31. The zero-order valence-electron chi connectivity index (χ0n) is 13.8. The largest absolute Gasteiger partial charge is 0.462 e. The van der Waals surface area contributed by atoms with Gasteiger partial charge >= 0.3 is 5.97 Å². The highest BCUT2D eigenvalue weighted by Gasteiger charge is 2.24. The molecule has 0 atom stereocenters. The van der Waals surface area contributed by atoms with Crippen molar-refractivity contribution in [2.24, 2.45) is 0 Å². The number of carbonyl (C=O) groups excluding carboxylic acids is 1. The molecule has 25 heavy (non-hydrogen) atoms. The summed E-state index contributed by atoms with van der Waals surface area (Å²) in [5.74, 6) is -0.404. The first kappa shape index (κ1) is 17.5. The zero-order chi connectivity index (χ0) is 18.0. The van der Waals surface area contributed by atoms with E-state index in [1.54, 1.807) is 42.8 Å². The van der Waals surface area contributed by atoms with E-state index >= 15 is 0 Å². The molecule has 0 radical (unpaired) electrons. The van der Waals surface area contributed by atoms with Crippen molar-refractivity contribution in [2.75, 3.05) is 6.61 Å². The standard InChI is InChI=1S/C19H16Cl2N2O2/c1-3-25-19(24)17-12(2)22-23(16-6-4-5-15(21)11-16)18(17)13-7-9-14(20)10-8-13/h4-11H,3H2,1-2H3. The van der Waals surface area contributed by atoms with Crippen LogP contribution in [0.25, 0.3) is 16.9 Å². The maximum atomic E-state index is 12.5. The number of esters is 1. The number of benzene rings is 2. The van der Waals surface area contributed by atoms with Crippen LogP contribution in [0.3, 0.4) is 0 Å². The second-order valence-electron chi connectivity index (χ2n) is 5.43. The minimum atomic E-state index is -0.404. The Morgan fingerprint density at radius 2 is 1.84 bits per heavy atom. The first-order valence-corrected chi connectivity index (χ1v) is 8.55. The number of ether oxygens (including phenoxy) is 1. The molecule has 1 heterocycles. The molecule has 0 saturated carbocycles. The molecule has 128 valence electrons. The van der Waals surface area contributed by atoms with E-state index in [1.807, 2.05) is 24.3 Å². The highest BCUT2D eigenvalue weighted by molar-refractivity contribution is 6.31. The van der Waals surface area contributed by atoms with E-state index < -0.39 is 5.97 Å². The predicted molar refractivity (Wildman–Crippen MR) is 99.7 cm³/mol. The number of aryl methyl sites for hydroxylation is 1. The molecule has 4 nitrogen and oxygen atoms in total. The molecule has 0 bridgehead atoms. The van der Waals surface area contributed by atoms with Gasteiger partial charge in [0, 0.05) is 15.6 Å². The van der Waals surface area contributed by atoms with Gasteiger partial charge in [0.1, 0.15) is 5.56 Å². The van der Waals surface area contributed by atoms with Crippen LogP contribution in [0.5, 0.6) is 0 Å². The first-order valence-electron chi connectivity index (χ1n) is 7.80. The van der Waals surface area contributed by atoms with Crippen molar-refractivity contribution in [1.29, 1.82) is 0 Å².